The molecule has 0 bridgehead atoms. The number of amides is 2. The molecule has 0 aromatic heterocycles. The molecule has 2 heterocycles. The van der Waals surface area contributed by atoms with Gasteiger partial charge in [-0.05, 0) is 25.0 Å². The number of benzene rings is 1. The lowest BCUT2D eigenvalue weighted by molar-refractivity contribution is -0.117. The van der Waals surface area contributed by atoms with Crippen molar-refractivity contribution in [2.45, 2.75) is 25.7 Å². The zero-order chi connectivity index (χ0) is 14.3. The second-order valence-electron chi connectivity index (χ2n) is 5.05. The maximum atomic E-state index is 11.8. The Labute approximate surface area is 127 Å². The van der Waals surface area contributed by atoms with Gasteiger partial charge in [-0.2, -0.15) is 0 Å². The van der Waals surface area contributed by atoms with Gasteiger partial charge in [0.25, 0.3) is 0 Å². The Kier molecular flexibility index (Phi) is 3.61. The van der Waals surface area contributed by atoms with Gasteiger partial charge >= 0.3 is 0 Å². The minimum absolute atomic E-state index is 0.0629. The van der Waals surface area contributed by atoms with Crippen molar-refractivity contribution in [3.63, 3.8) is 0 Å². The van der Waals surface area contributed by atoms with E-state index >= 15 is 0 Å². The van der Waals surface area contributed by atoms with Crippen molar-refractivity contribution in [2.24, 2.45) is 0 Å². The number of hydrogen-bond donors (Lipinski definition) is 0. The molecule has 4 nitrogen and oxygen atoms in total. The van der Waals surface area contributed by atoms with Crippen LogP contribution < -0.4 is 9.80 Å². The van der Waals surface area contributed by atoms with E-state index in [1.54, 1.807) is 21.9 Å². The van der Waals surface area contributed by atoms with Gasteiger partial charge in [-0.1, -0.05) is 23.2 Å². The molecular weight excluding hydrogens is 299 g/mol. The van der Waals surface area contributed by atoms with Crippen LogP contribution >= 0.6 is 23.2 Å². The highest BCUT2D eigenvalue weighted by Gasteiger charge is 2.28. The summed E-state index contributed by atoms with van der Waals surface area (Å²) < 4.78 is 0. The zero-order valence-corrected chi connectivity index (χ0v) is 12.4. The summed E-state index contributed by atoms with van der Waals surface area (Å²) in [5, 5.41) is 0.915. The van der Waals surface area contributed by atoms with E-state index in [1.165, 1.54) is 0 Å². The Morgan fingerprint density at radius 2 is 1.20 bits per heavy atom. The summed E-state index contributed by atoms with van der Waals surface area (Å²) in [6.45, 7) is 1.33. The smallest absolute Gasteiger partial charge is 0.227 e. The van der Waals surface area contributed by atoms with Crippen LogP contribution in [0.1, 0.15) is 25.7 Å². The van der Waals surface area contributed by atoms with Gasteiger partial charge in [-0.15, -0.1) is 0 Å². The first-order valence-electron chi connectivity index (χ1n) is 6.67. The molecule has 1 aromatic carbocycles. The molecule has 0 saturated carbocycles. The minimum atomic E-state index is 0.0629. The highest BCUT2D eigenvalue weighted by molar-refractivity contribution is 6.38. The van der Waals surface area contributed by atoms with Crippen LogP contribution in [0.4, 0.5) is 11.4 Å². The molecule has 20 heavy (non-hydrogen) atoms. The summed E-state index contributed by atoms with van der Waals surface area (Å²) in [7, 11) is 0. The largest absolute Gasteiger partial charge is 0.311 e. The Morgan fingerprint density at radius 3 is 1.50 bits per heavy atom. The molecule has 0 spiro atoms. The number of carbonyl (C=O) groups excluding carboxylic acids is 2. The second-order valence-corrected chi connectivity index (χ2v) is 5.87. The van der Waals surface area contributed by atoms with Crippen molar-refractivity contribution in [2.75, 3.05) is 22.9 Å². The van der Waals surface area contributed by atoms with E-state index in [4.69, 9.17) is 23.2 Å². The first-order chi connectivity index (χ1) is 9.58. The van der Waals surface area contributed by atoms with E-state index in [1.807, 2.05) is 0 Å². The SMILES string of the molecule is O=C1CCCN1c1cc(Cl)c(N2CCCC2=O)cc1Cl. The molecule has 0 aliphatic carbocycles. The third-order valence-electron chi connectivity index (χ3n) is 3.74. The molecule has 6 heteroatoms. The van der Waals surface area contributed by atoms with E-state index in [9.17, 15) is 9.59 Å². The number of nitrogens with zero attached hydrogens (tertiary/aromatic N) is 2. The summed E-state index contributed by atoms with van der Waals surface area (Å²) in [4.78, 5) is 26.9. The molecule has 106 valence electrons. The van der Waals surface area contributed by atoms with Crippen molar-refractivity contribution in [1.29, 1.82) is 0 Å². The van der Waals surface area contributed by atoms with Gasteiger partial charge in [0.05, 0.1) is 21.4 Å². The van der Waals surface area contributed by atoms with Gasteiger partial charge in [0.1, 0.15) is 0 Å². The fourth-order valence-corrected chi connectivity index (χ4v) is 3.27. The maximum Gasteiger partial charge on any atom is 0.227 e. The number of hydrogen-bond acceptors (Lipinski definition) is 2. The lowest BCUT2D eigenvalue weighted by Gasteiger charge is -2.22. The van der Waals surface area contributed by atoms with Crippen LogP contribution in [0.3, 0.4) is 0 Å². The molecule has 3 rings (SSSR count). The van der Waals surface area contributed by atoms with Crippen molar-refractivity contribution in [3.8, 4) is 0 Å². The summed E-state index contributed by atoms with van der Waals surface area (Å²) in [5.41, 5.74) is 1.27. The molecule has 0 N–H and O–H groups in total. The highest BCUT2D eigenvalue weighted by atomic mass is 35.5. The highest BCUT2D eigenvalue weighted by Crippen LogP contribution is 2.39. The van der Waals surface area contributed by atoms with Crippen LogP contribution in [-0.4, -0.2) is 24.9 Å². The topological polar surface area (TPSA) is 40.6 Å². The van der Waals surface area contributed by atoms with Crippen molar-refractivity contribution >= 4 is 46.4 Å². The summed E-state index contributed by atoms with van der Waals surface area (Å²) in [6, 6.07) is 3.38. The fraction of sp³-hybridized carbons (Fsp3) is 0.429. The molecule has 2 aliphatic rings. The van der Waals surface area contributed by atoms with Crippen LogP contribution in [0.25, 0.3) is 0 Å². The van der Waals surface area contributed by atoms with Gasteiger partial charge in [0.2, 0.25) is 11.8 Å². The maximum absolute atomic E-state index is 11.8. The first kappa shape index (κ1) is 13.7. The summed E-state index contributed by atoms with van der Waals surface area (Å²) in [5.74, 6) is 0.126. The normalized spacial score (nSPS) is 19.3. The lowest BCUT2D eigenvalue weighted by atomic mass is 10.2. The fourth-order valence-electron chi connectivity index (χ4n) is 2.75. The molecule has 2 saturated heterocycles. The molecule has 2 aliphatic heterocycles. The quantitative estimate of drug-likeness (QED) is 0.841. The van der Waals surface area contributed by atoms with E-state index in [0.717, 1.165) is 12.8 Å². The van der Waals surface area contributed by atoms with Crippen LogP contribution in [-0.2, 0) is 9.59 Å². The summed E-state index contributed by atoms with van der Waals surface area (Å²) in [6.07, 6.45) is 2.75. The molecule has 0 unspecified atom stereocenters. The number of anilines is 2. The molecule has 1 aromatic rings. The van der Waals surface area contributed by atoms with Crippen LogP contribution in [0.2, 0.25) is 10.0 Å². The molecule has 2 fully saturated rings. The van der Waals surface area contributed by atoms with Gasteiger partial charge in [0.15, 0.2) is 0 Å². The van der Waals surface area contributed by atoms with Gasteiger partial charge in [0, 0.05) is 25.9 Å². The van der Waals surface area contributed by atoms with E-state index < -0.39 is 0 Å². The standard InChI is InChI=1S/C14H14Cl2N2O2/c15-9-8-12(18-6-2-4-14(18)20)10(16)7-11(9)17-5-1-3-13(17)19/h7-8H,1-6H2. The van der Waals surface area contributed by atoms with E-state index in [0.29, 0.717) is 47.4 Å². The molecule has 2 amide bonds. The Bertz CT molecular complexity index is 537. The minimum Gasteiger partial charge on any atom is -0.311 e. The first-order valence-corrected chi connectivity index (χ1v) is 7.43. The molecular formula is C14H14Cl2N2O2. The predicted octanol–water partition coefficient (Wildman–Crippen LogP) is 3.25. The van der Waals surface area contributed by atoms with Gasteiger partial charge in [-0.25, -0.2) is 0 Å². The van der Waals surface area contributed by atoms with Crippen molar-refractivity contribution < 1.29 is 9.59 Å². The third-order valence-corrected chi connectivity index (χ3v) is 4.35. The third kappa shape index (κ3) is 2.27. The number of carbonyl (C=O) groups is 2. The molecule has 0 radical (unpaired) electrons. The van der Waals surface area contributed by atoms with Crippen LogP contribution in [0.5, 0.6) is 0 Å². The van der Waals surface area contributed by atoms with Crippen LogP contribution in [0.15, 0.2) is 12.1 Å². The van der Waals surface area contributed by atoms with E-state index in [-0.39, 0.29) is 11.8 Å². The van der Waals surface area contributed by atoms with Crippen LogP contribution in [0, 0.1) is 0 Å². The average Bonchev–Trinajstić information content (AvgIpc) is 3.01. The monoisotopic (exact) mass is 312 g/mol. The lowest BCUT2D eigenvalue weighted by Crippen LogP contribution is -2.26. The van der Waals surface area contributed by atoms with Gasteiger partial charge < -0.3 is 9.80 Å². The predicted molar refractivity (Wildman–Crippen MR) is 79.6 cm³/mol. The summed E-state index contributed by atoms with van der Waals surface area (Å²) >= 11 is 12.6. The number of halogens is 2. The Morgan fingerprint density at radius 1 is 0.800 bits per heavy atom. The number of rotatable bonds is 2. The zero-order valence-electron chi connectivity index (χ0n) is 10.9. The Hall–Kier alpha value is -1.26. The molecule has 0 atom stereocenters. The second kappa shape index (κ2) is 5.26. The van der Waals surface area contributed by atoms with Crippen molar-refractivity contribution in [3.05, 3.63) is 22.2 Å². The van der Waals surface area contributed by atoms with E-state index in [2.05, 4.69) is 0 Å². The van der Waals surface area contributed by atoms with Crippen molar-refractivity contribution in [1.82, 2.24) is 0 Å². The average molecular weight is 313 g/mol. The Balaban J connectivity index is 1.98. The van der Waals surface area contributed by atoms with Gasteiger partial charge in [-0.3, -0.25) is 9.59 Å².